The van der Waals surface area contributed by atoms with Crippen LogP contribution in [0.3, 0.4) is 0 Å². The van der Waals surface area contributed by atoms with Crippen molar-refractivity contribution in [1.29, 1.82) is 0 Å². The van der Waals surface area contributed by atoms with Crippen molar-refractivity contribution < 1.29 is 13.4 Å². The Morgan fingerprint density at radius 1 is 1.12 bits per heavy atom. The molecular weight excluding hydrogens is 336 g/mol. The number of benzene rings is 2. The normalized spacial score (nSPS) is 13.0. The van der Waals surface area contributed by atoms with Gasteiger partial charge in [0.15, 0.2) is 5.58 Å². The quantitative estimate of drug-likeness (QED) is 0.766. The molecule has 0 aliphatic carbocycles. The second-order valence-electron chi connectivity index (χ2n) is 6.88. The molecule has 2 aromatic carbocycles. The number of aromatic nitrogens is 1. The molecule has 25 heavy (non-hydrogen) atoms. The Bertz CT molecular complexity index is 953. The van der Waals surface area contributed by atoms with Gasteiger partial charge in [-0.15, -0.1) is 0 Å². The van der Waals surface area contributed by atoms with Crippen molar-refractivity contribution in [3.05, 3.63) is 53.9 Å². The third-order valence-corrected chi connectivity index (χ3v) is 4.67. The molecule has 3 aromatic rings. The molecule has 0 aliphatic rings. The van der Waals surface area contributed by atoms with Crippen LogP contribution in [0.5, 0.6) is 0 Å². The smallest absolute Gasteiger partial charge is 0.255 e. The van der Waals surface area contributed by atoms with Gasteiger partial charge in [-0.25, -0.2) is 4.98 Å². The number of hydrogen-bond donors (Lipinski definition) is 1. The molecule has 0 saturated carbocycles. The first-order valence-electron chi connectivity index (χ1n) is 7.90. The number of carbonyl (C=O) groups excluding carboxylic acids is 1. The lowest BCUT2D eigenvalue weighted by Gasteiger charge is -2.11. The third kappa shape index (κ3) is 3.79. The average Bonchev–Trinajstić information content (AvgIpc) is 2.98. The number of hydrogen-bond acceptors (Lipinski definition) is 4. The first-order chi connectivity index (χ1) is 11.7. The van der Waals surface area contributed by atoms with E-state index in [9.17, 15) is 9.00 Å². The number of anilines is 1. The summed E-state index contributed by atoms with van der Waals surface area (Å²) in [7, 11) is -1.06. The van der Waals surface area contributed by atoms with Crippen LogP contribution >= 0.6 is 0 Å². The molecule has 0 spiro atoms. The minimum absolute atomic E-state index is 0.177. The van der Waals surface area contributed by atoms with E-state index in [0.29, 0.717) is 33.1 Å². The van der Waals surface area contributed by atoms with Crippen LogP contribution in [0.4, 0.5) is 5.69 Å². The minimum atomic E-state index is -1.06. The van der Waals surface area contributed by atoms with Crippen LogP contribution in [0.25, 0.3) is 11.1 Å². The molecule has 1 heterocycles. The topological polar surface area (TPSA) is 72.2 Å². The van der Waals surface area contributed by atoms with Crippen molar-refractivity contribution in [2.45, 2.75) is 31.1 Å². The molecule has 1 amide bonds. The fourth-order valence-electron chi connectivity index (χ4n) is 2.33. The van der Waals surface area contributed by atoms with Crippen molar-refractivity contribution in [3.8, 4) is 0 Å². The number of nitrogens with one attached hydrogen (secondary N) is 1. The maximum absolute atomic E-state index is 12.4. The summed E-state index contributed by atoms with van der Waals surface area (Å²) < 4.78 is 17.2. The summed E-state index contributed by atoms with van der Waals surface area (Å²) in [5.41, 5.74) is 2.38. The Balaban J connectivity index is 1.82. The van der Waals surface area contributed by atoms with Gasteiger partial charge in [0.05, 0.1) is 0 Å². The summed E-state index contributed by atoms with van der Waals surface area (Å²) in [4.78, 5) is 17.6. The molecular formula is C19H20N2O3S. The average molecular weight is 356 g/mol. The summed E-state index contributed by atoms with van der Waals surface area (Å²) in [5.74, 6) is 0.432. The van der Waals surface area contributed by atoms with Crippen molar-refractivity contribution in [3.63, 3.8) is 0 Å². The number of fused-ring (bicyclic) bond motifs is 1. The lowest BCUT2D eigenvalue weighted by Crippen LogP contribution is -2.12. The molecule has 0 aliphatic heterocycles. The monoisotopic (exact) mass is 356 g/mol. The fraction of sp³-hybridized carbons (Fsp3) is 0.263. The Morgan fingerprint density at radius 3 is 2.40 bits per heavy atom. The fourth-order valence-corrected chi connectivity index (χ4v) is 2.85. The lowest BCUT2D eigenvalue weighted by atomic mass is 9.97. The van der Waals surface area contributed by atoms with Gasteiger partial charge in [0.1, 0.15) is 5.52 Å². The highest BCUT2D eigenvalue weighted by Crippen LogP contribution is 2.27. The zero-order chi connectivity index (χ0) is 18.2. The Labute approximate surface area is 148 Å². The summed E-state index contributed by atoms with van der Waals surface area (Å²) in [6.07, 6.45) is 1.61. The second-order valence-corrected chi connectivity index (χ2v) is 8.26. The van der Waals surface area contributed by atoms with Gasteiger partial charge < -0.3 is 9.73 Å². The van der Waals surface area contributed by atoms with E-state index in [0.717, 1.165) is 0 Å². The lowest BCUT2D eigenvalue weighted by molar-refractivity contribution is 0.102. The van der Waals surface area contributed by atoms with Crippen molar-refractivity contribution >= 4 is 33.5 Å². The molecule has 130 valence electrons. The molecule has 3 rings (SSSR count). The number of nitrogens with zero attached hydrogens (tertiary/aromatic N) is 1. The van der Waals surface area contributed by atoms with Gasteiger partial charge in [0, 0.05) is 38.6 Å². The highest BCUT2D eigenvalue weighted by molar-refractivity contribution is 7.84. The van der Waals surface area contributed by atoms with Crippen LogP contribution < -0.4 is 5.32 Å². The van der Waals surface area contributed by atoms with Gasteiger partial charge in [-0.1, -0.05) is 20.8 Å². The maximum atomic E-state index is 12.4. The van der Waals surface area contributed by atoms with Gasteiger partial charge in [0.2, 0.25) is 5.89 Å². The van der Waals surface area contributed by atoms with E-state index >= 15 is 0 Å². The van der Waals surface area contributed by atoms with Crippen molar-refractivity contribution in [2.24, 2.45) is 0 Å². The largest absolute Gasteiger partial charge is 0.440 e. The number of rotatable bonds is 3. The van der Waals surface area contributed by atoms with Gasteiger partial charge >= 0.3 is 0 Å². The highest BCUT2D eigenvalue weighted by Gasteiger charge is 2.21. The first kappa shape index (κ1) is 17.4. The summed E-state index contributed by atoms with van der Waals surface area (Å²) in [5, 5.41) is 2.85. The van der Waals surface area contributed by atoms with E-state index in [4.69, 9.17) is 4.42 Å². The molecule has 6 heteroatoms. The van der Waals surface area contributed by atoms with Gasteiger partial charge in [-0.2, -0.15) is 0 Å². The molecule has 1 unspecified atom stereocenters. The predicted molar refractivity (Wildman–Crippen MR) is 99.4 cm³/mol. The van der Waals surface area contributed by atoms with E-state index in [2.05, 4.69) is 10.3 Å². The van der Waals surface area contributed by atoms with Crippen LogP contribution in [0.15, 0.2) is 51.8 Å². The molecule has 0 bridgehead atoms. The second kappa shape index (κ2) is 6.44. The van der Waals surface area contributed by atoms with Crippen LogP contribution in [-0.2, 0) is 16.2 Å². The number of carbonyl (C=O) groups is 1. The van der Waals surface area contributed by atoms with E-state index < -0.39 is 10.8 Å². The summed E-state index contributed by atoms with van der Waals surface area (Å²) >= 11 is 0. The highest BCUT2D eigenvalue weighted by atomic mass is 32.2. The minimum Gasteiger partial charge on any atom is -0.440 e. The van der Waals surface area contributed by atoms with Crippen molar-refractivity contribution in [2.75, 3.05) is 11.6 Å². The van der Waals surface area contributed by atoms with Gasteiger partial charge in [-0.05, 0) is 42.5 Å². The summed E-state index contributed by atoms with van der Waals surface area (Å²) in [6.45, 7) is 6.11. The molecule has 1 N–H and O–H groups in total. The SMILES string of the molecule is CS(=O)c1ccc(C(=O)Nc2ccc3oc(C(C)(C)C)nc3c2)cc1. The summed E-state index contributed by atoms with van der Waals surface area (Å²) in [6, 6.07) is 12.1. The van der Waals surface area contributed by atoms with Crippen molar-refractivity contribution in [1.82, 2.24) is 4.98 Å². The standard InChI is InChI=1S/C19H20N2O3S/c1-19(2,3)18-21-15-11-13(7-10-16(15)24-18)20-17(22)12-5-8-14(9-6-12)25(4)23/h5-11H,1-4H3,(H,20,22). The Kier molecular flexibility index (Phi) is 4.47. The Hall–Kier alpha value is -2.47. The van der Waals surface area contributed by atoms with E-state index in [1.807, 2.05) is 20.8 Å². The van der Waals surface area contributed by atoms with Gasteiger partial charge in [-0.3, -0.25) is 9.00 Å². The molecule has 0 saturated heterocycles. The Morgan fingerprint density at radius 2 is 1.80 bits per heavy atom. The molecule has 0 radical (unpaired) electrons. The maximum Gasteiger partial charge on any atom is 0.255 e. The first-order valence-corrected chi connectivity index (χ1v) is 9.46. The van der Waals surface area contributed by atoms with E-state index in [1.165, 1.54) is 0 Å². The van der Waals surface area contributed by atoms with Crippen LogP contribution in [-0.4, -0.2) is 21.4 Å². The molecule has 1 atom stereocenters. The number of amides is 1. The number of oxazole rings is 1. The van der Waals surface area contributed by atoms with E-state index in [-0.39, 0.29) is 11.3 Å². The zero-order valence-corrected chi connectivity index (χ0v) is 15.4. The van der Waals surface area contributed by atoms with Gasteiger partial charge in [0.25, 0.3) is 5.91 Å². The third-order valence-electron chi connectivity index (χ3n) is 3.74. The molecule has 0 fully saturated rings. The predicted octanol–water partition coefficient (Wildman–Crippen LogP) is 4.12. The van der Waals surface area contributed by atoms with Crippen LogP contribution in [0, 0.1) is 0 Å². The molecule has 5 nitrogen and oxygen atoms in total. The molecule has 1 aromatic heterocycles. The zero-order valence-electron chi connectivity index (χ0n) is 14.6. The van der Waals surface area contributed by atoms with E-state index in [1.54, 1.807) is 48.7 Å². The van der Waals surface area contributed by atoms with Crippen LogP contribution in [0.1, 0.15) is 37.0 Å². The van der Waals surface area contributed by atoms with Crippen LogP contribution in [0.2, 0.25) is 0 Å².